The predicted octanol–water partition coefficient (Wildman–Crippen LogP) is 1.69. The molecule has 0 unspecified atom stereocenters. The molecule has 0 aliphatic carbocycles. The van der Waals surface area contributed by atoms with Crippen LogP contribution in [0.2, 0.25) is 0 Å². The van der Waals surface area contributed by atoms with E-state index in [-0.39, 0.29) is 0 Å². The summed E-state index contributed by atoms with van der Waals surface area (Å²) < 4.78 is 5.26. The first-order valence-electron chi connectivity index (χ1n) is 4.95. The van der Waals surface area contributed by atoms with E-state index in [0.717, 1.165) is 10.2 Å². The van der Waals surface area contributed by atoms with Crippen LogP contribution in [0.15, 0.2) is 24.3 Å². The average Bonchev–Trinajstić information content (AvgIpc) is 2.77. The van der Waals surface area contributed by atoms with Crippen molar-refractivity contribution in [1.29, 1.82) is 0 Å². The van der Waals surface area contributed by atoms with Crippen molar-refractivity contribution in [1.82, 2.24) is 15.8 Å². The van der Waals surface area contributed by atoms with Crippen LogP contribution in [0.25, 0.3) is 10.2 Å². The number of anilines is 1. The van der Waals surface area contributed by atoms with Gasteiger partial charge in [0.2, 0.25) is 0 Å². The van der Waals surface area contributed by atoms with Crippen LogP contribution in [0.4, 0.5) is 14.7 Å². The van der Waals surface area contributed by atoms with E-state index in [4.69, 9.17) is 0 Å². The number of nitrogens with zero attached hydrogens (tertiary/aromatic N) is 1. The summed E-state index contributed by atoms with van der Waals surface area (Å²) in [5.74, 6) is 0. The molecule has 3 N–H and O–H groups in total. The molecule has 2 aromatic rings. The summed E-state index contributed by atoms with van der Waals surface area (Å²) in [6, 6.07) is 6.91. The number of hydrazine groups is 1. The van der Waals surface area contributed by atoms with Gasteiger partial charge in [-0.15, -0.1) is 0 Å². The lowest BCUT2D eigenvalue weighted by atomic mass is 10.3. The number of nitrogens with one attached hydrogen (secondary N) is 3. The molecule has 3 amide bonds. The number of amides is 3. The molecule has 0 aliphatic heterocycles. The number of benzene rings is 1. The molecule has 8 heteroatoms. The minimum Gasteiger partial charge on any atom is -0.452 e. The minimum atomic E-state index is -0.755. The third kappa shape index (κ3) is 2.86. The first-order chi connectivity index (χ1) is 8.69. The van der Waals surface area contributed by atoms with Crippen LogP contribution in [0.1, 0.15) is 0 Å². The topological polar surface area (TPSA) is 92.4 Å². The highest BCUT2D eigenvalue weighted by Crippen LogP contribution is 2.24. The van der Waals surface area contributed by atoms with E-state index < -0.39 is 12.1 Å². The van der Waals surface area contributed by atoms with Gasteiger partial charge in [0, 0.05) is 0 Å². The minimum absolute atomic E-state index is 0.445. The van der Waals surface area contributed by atoms with Crippen molar-refractivity contribution in [2.24, 2.45) is 0 Å². The Morgan fingerprint density at radius 2 is 2.06 bits per heavy atom. The fraction of sp³-hybridized carbons (Fsp3) is 0.100. The van der Waals surface area contributed by atoms with Gasteiger partial charge in [0.15, 0.2) is 5.13 Å². The van der Waals surface area contributed by atoms with Crippen LogP contribution in [0, 0.1) is 0 Å². The molecule has 1 aromatic heterocycles. The molecule has 1 aromatic carbocycles. The largest absolute Gasteiger partial charge is 0.452 e. The van der Waals surface area contributed by atoms with Crippen LogP contribution < -0.4 is 16.2 Å². The number of carbonyl (C=O) groups excluding carboxylic acids is 2. The number of urea groups is 1. The lowest BCUT2D eigenvalue weighted by Gasteiger charge is -2.05. The van der Waals surface area contributed by atoms with Crippen LogP contribution in [0.5, 0.6) is 0 Å². The summed E-state index contributed by atoms with van der Waals surface area (Å²) in [6.07, 6.45) is -0.755. The maximum atomic E-state index is 11.4. The maximum absolute atomic E-state index is 11.4. The van der Waals surface area contributed by atoms with Gasteiger partial charge in [0.25, 0.3) is 0 Å². The Hall–Kier alpha value is -2.35. The SMILES string of the molecule is COC(=O)NNC(=O)Nc1nc2ccccc2s1. The Morgan fingerprint density at radius 3 is 2.78 bits per heavy atom. The summed E-state index contributed by atoms with van der Waals surface area (Å²) in [6.45, 7) is 0. The number of rotatable bonds is 1. The van der Waals surface area contributed by atoms with Gasteiger partial charge >= 0.3 is 12.1 Å². The van der Waals surface area contributed by atoms with Crippen LogP contribution in [0.3, 0.4) is 0 Å². The van der Waals surface area contributed by atoms with Gasteiger partial charge in [-0.3, -0.25) is 5.32 Å². The van der Waals surface area contributed by atoms with E-state index in [0.29, 0.717) is 5.13 Å². The molecule has 0 saturated carbocycles. The fourth-order valence-corrected chi connectivity index (χ4v) is 2.07. The number of ether oxygens (including phenoxy) is 1. The van der Waals surface area contributed by atoms with Crippen LogP contribution in [-0.2, 0) is 4.74 Å². The lowest BCUT2D eigenvalue weighted by Crippen LogP contribution is -2.43. The Kier molecular flexibility index (Phi) is 3.58. The number of para-hydroxylation sites is 1. The van der Waals surface area contributed by atoms with Gasteiger partial charge in [-0.05, 0) is 12.1 Å². The molecule has 0 atom stereocenters. The van der Waals surface area contributed by atoms with Gasteiger partial charge in [0.05, 0.1) is 17.3 Å². The van der Waals surface area contributed by atoms with E-state index in [9.17, 15) is 9.59 Å². The van der Waals surface area contributed by atoms with Gasteiger partial charge in [-0.1, -0.05) is 23.5 Å². The van der Waals surface area contributed by atoms with Gasteiger partial charge in [-0.25, -0.2) is 25.4 Å². The molecule has 18 heavy (non-hydrogen) atoms. The smallest absolute Gasteiger partial charge is 0.425 e. The predicted molar refractivity (Wildman–Crippen MR) is 67.3 cm³/mol. The molecule has 0 aliphatic rings. The first kappa shape index (κ1) is 12.1. The molecule has 0 saturated heterocycles. The summed E-state index contributed by atoms with van der Waals surface area (Å²) in [5, 5.41) is 2.94. The summed E-state index contributed by atoms with van der Waals surface area (Å²) >= 11 is 1.34. The van der Waals surface area contributed by atoms with Gasteiger partial charge in [-0.2, -0.15) is 0 Å². The molecule has 7 nitrogen and oxygen atoms in total. The van der Waals surface area contributed by atoms with Crippen molar-refractivity contribution < 1.29 is 14.3 Å². The van der Waals surface area contributed by atoms with E-state index in [2.05, 4.69) is 20.5 Å². The second-order valence-corrected chi connectivity index (χ2v) is 4.21. The third-order valence-electron chi connectivity index (χ3n) is 1.98. The van der Waals surface area contributed by atoms with E-state index >= 15 is 0 Å². The average molecular weight is 266 g/mol. The third-order valence-corrected chi connectivity index (χ3v) is 2.93. The molecule has 0 bridgehead atoms. The Balaban J connectivity index is 1.96. The maximum Gasteiger partial charge on any atom is 0.425 e. The molecule has 1 heterocycles. The highest BCUT2D eigenvalue weighted by atomic mass is 32.1. The number of methoxy groups -OCH3 is 1. The summed E-state index contributed by atoms with van der Waals surface area (Å²) in [5.41, 5.74) is 4.96. The van der Waals surface area contributed by atoms with E-state index in [1.807, 2.05) is 29.7 Å². The fourth-order valence-electron chi connectivity index (χ4n) is 1.21. The zero-order valence-electron chi connectivity index (χ0n) is 9.39. The quantitative estimate of drug-likeness (QED) is 0.685. The normalized spacial score (nSPS) is 9.83. The molecule has 0 spiro atoms. The van der Waals surface area contributed by atoms with Crippen molar-refractivity contribution >= 4 is 38.8 Å². The number of thiazole rings is 1. The Labute approximate surface area is 106 Å². The Bertz CT molecular complexity index is 550. The zero-order chi connectivity index (χ0) is 13.0. The van der Waals surface area contributed by atoms with Gasteiger partial charge < -0.3 is 4.74 Å². The number of hydrogen-bond donors (Lipinski definition) is 3. The number of carbonyl (C=O) groups is 2. The summed E-state index contributed by atoms with van der Waals surface area (Å²) in [7, 11) is 1.20. The molecule has 2 rings (SSSR count). The van der Waals surface area contributed by atoms with Crippen molar-refractivity contribution in [3.63, 3.8) is 0 Å². The van der Waals surface area contributed by atoms with Crippen LogP contribution >= 0.6 is 11.3 Å². The molecular formula is C10H10N4O3S. The molecule has 94 valence electrons. The lowest BCUT2D eigenvalue weighted by molar-refractivity contribution is 0.166. The van der Waals surface area contributed by atoms with Crippen molar-refractivity contribution in [2.75, 3.05) is 12.4 Å². The first-order valence-corrected chi connectivity index (χ1v) is 5.77. The van der Waals surface area contributed by atoms with Crippen molar-refractivity contribution in [3.8, 4) is 0 Å². The number of hydrogen-bond acceptors (Lipinski definition) is 5. The monoisotopic (exact) mass is 266 g/mol. The zero-order valence-corrected chi connectivity index (χ0v) is 10.2. The highest BCUT2D eigenvalue weighted by molar-refractivity contribution is 7.22. The van der Waals surface area contributed by atoms with E-state index in [1.54, 1.807) is 0 Å². The standard InChI is InChI=1S/C10H10N4O3S/c1-17-10(16)14-13-8(15)12-9-11-6-4-2-3-5-7(6)18-9/h2-5H,1H3,(H,14,16)(H2,11,12,13,15). The Morgan fingerprint density at radius 1 is 1.28 bits per heavy atom. The van der Waals surface area contributed by atoms with Crippen molar-refractivity contribution in [2.45, 2.75) is 0 Å². The van der Waals surface area contributed by atoms with E-state index in [1.165, 1.54) is 18.4 Å². The molecule has 0 fully saturated rings. The molecule has 0 radical (unpaired) electrons. The molecular weight excluding hydrogens is 256 g/mol. The van der Waals surface area contributed by atoms with Gasteiger partial charge in [0.1, 0.15) is 0 Å². The number of fused-ring (bicyclic) bond motifs is 1. The number of aromatic nitrogens is 1. The second-order valence-electron chi connectivity index (χ2n) is 3.18. The highest BCUT2D eigenvalue weighted by Gasteiger charge is 2.07. The second kappa shape index (κ2) is 5.32. The van der Waals surface area contributed by atoms with Crippen molar-refractivity contribution in [3.05, 3.63) is 24.3 Å². The summed E-state index contributed by atoms with van der Waals surface area (Å²) in [4.78, 5) is 26.3. The van der Waals surface area contributed by atoms with Crippen LogP contribution in [-0.4, -0.2) is 24.2 Å².